The standard InChI is InChI=1S/C42H28N4/c1-2-13-29(14-3-1)45-36-20-10-7-16-31(36)34-26-28(23-24-38(34)45)41-32-17-6-9-19-35(32)43-42(44-41)46-37-21-11-8-18-33(37)40-30-15-5-4-12-27(30)22-25-39(40)46/h1-26,42,44H. The fraction of sp³-hybridized carbons (Fsp3) is 0.0238. The number of benzene rings is 7. The summed E-state index contributed by atoms with van der Waals surface area (Å²) in [5.41, 5.74) is 8.11. The summed E-state index contributed by atoms with van der Waals surface area (Å²) < 4.78 is 4.73. The van der Waals surface area contributed by atoms with Crippen LogP contribution in [-0.2, 0) is 0 Å². The minimum absolute atomic E-state index is 0.324. The number of rotatable bonds is 3. The summed E-state index contributed by atoms with van der Waals surface area (Å²) in [5.74, 6) is 0. The lowest BCUT2D eigenvalue weighted by Gasteiger charge is -2.25. The Morgan fingerprint density at radius 1 is 0.500 bits per heavy atom. The second-order valence-corrected chi connectivity index (χ2v) is 12.0. The zero-order valence-corrected chi connectivity index (χ0v) is 24.9. The van der Waals surface area contributed by atoms with Crippen molar-refractivity contribution < 1.29 is 0 Å². The van der Waals surface area contributed by atoms with Crippen molar-refractivity contribution in [1.82, 2.24) is 14.5 Å². The van der Waals surface area contributed by atoms with Gasteiger partial charge in [-0.3, -0.25) is 0 Å². The first-order valence-electron chi connectivity index (χ1n) is 15.8. The average molecular weight is 589 g/mol. The molecule has 9 aromatic rings. The number of hydrogen-bond acceptors (Lipinski definition) is 2. The number of hydrogen-bond donors (Lipinski definition) is 1. The molecule has 46 heavy (non-hydrogen) atoms. The molecule has 0 bridgehead atoms. The molecule has 1 N–H and O–H groups in total. The minimum Gasteiger partial charge on any atom is -0.345 e. The summed E-state index contributed by atoms with van der Waals surface area (Å²) in [6, 6.07) is 56.5. The molecule has 0 fully saturated rings. The Kier molecular flexibility index (Phi) is 5.31. The largest absolute Gasteiger partial charge is 0.345 e. The van der Waals surface area contributed by atoms with Gasteiger partial charge >= 0.3 is 0 Å². The lowest BCUT2D eigenvalue weighted by atomic mass is 10.0. The predicted octanol–water partition coefficient (Wildman–Crippen LogP) is 8.58. The van der Waals surface area contributed by atoms with Gasteiger partial charge in [0.05, 0.1) is 33.1 Å². The van der Waals surface area contributed by atoms with Gasteiger partial charge in [-0.15, -0.1) is 0 Å². The molecule has 0 saturated heterocycles. The van der Waals surface area contributed by atoms with Gasteiger partial charge in [0.25, 0.3) is 0 Å². The Morgan fingerprint density at radius 3 is 2.07 bits per heavy atom. The number of nitrogens with zero attached hydrogens (tertiary/aromatic N) is 3. The molecule has 1 aliphatic rings. The van der Waals surface area contributed by atoms with Gasteiger partial charge in [-0.05, 0) is 64.9 Å². The lowest BCUT2D eigenvalue weighted by molar-refractivity contribution is 0.490. The van der Waals surface area contributed by atoms with Gasteiger partial charge in [0, 0.05) is 32.5 Å². The summed E-state index contributed by atoms with van der Waals surface area (Å²) in [4.78, 5) is 5.33. The normalized spacial score (nSPS) is 14.6. The van der Waals surface area contributed by atoms with Crippen molar-refractivity contribution in [3.8, 4) is 5.69 Å². The van der Waals surface area contributed by atoms with Crippen LogP contribution in [0.25, 0.3) is 65.8 Å². The van der Waals surface area contributed by atoms with Gasteiger partial charge in [0.1, 0.15) is 0 Å². The average Bonchev–Trinajstić information content (AvgIpc) is 3.64. The first kappa shape index (κ1) is 25.2. The van der Waals surface area contributed by atoms with Gasteiger partial charge in [-0.2, -0.15) is 0 Å². The number of para-hydroxylation sites is 4. The molecule has 0 saturated carbocycles. The van der Waals surface area contributed by atoms with Crippen molar-refractivity contribution in [1.29, 1.82) is 0 Å². The first-order valence-corrected chi connectivity index (χ1v) is 15.8. The van der Waals surface area contributed by atoms with Crippen molar-refractivity contribution in [2.45, 2.75) is 6.29 Å². The maximum absolute atomic E-state index is 5.33. The summed E-state index contributed by atoms with van der Waals surface area (Å²) >= 11 is 0. The van der Waals surface area contributed by atoms with Crippen LogP contribution in [0.15, 0.2) is 163 Å². The monoisotopic (exact) mass is 588 g/mol. The third-order valence-electron chi connectivity index (χ3n) is 9.53. The van der Waals surface area contributed by atoms with Crippen molar-refractivity contribution >= 4 is 60.1 Å². The molecule has 0 spiro atoms. The molecule has 1 atom stereocenters. The van der Waals surface area contributed by atoms with E-state index in [1.165, 1.54) is 48.9 Å². The molecular weight excluding hydrogens is 560 g/mol. The summed E-state index contributed by atoms with van der Waals surface area (Å²) in [7, 11) is 0. The van der Waals surface area contributed by atoms with E-state index in [1.807, 2.05) is 0 Å². The number of aromatic nitrogens is 2. The maximum Gasteiger partial charge on any atom is 0.201 e. The molecule has 0 aliphatic carbocycles. The van der Waals surface area contributed by atoms with Gasteiger partial charge in [-0.1, -0.05) is 109 Å². The molecule has 10 rings (SSSR count). The van der Waals surface area contributed by atoms with E-state index in [2.05, 4.69) is 172 Å². The Labute approximate surface area is 264 Å². The van der Waals surface area contributed by atoms with Crippen LogP contribution in [0, 0.1) is 0 Å². The van der Waals surface area contributed by atoms with Crippen LogP contribution in [0.5, 0.6) is 0 Å². The molecule has 7 aromatic carbocycles. The molecule has 1 unspecified atom stereocenters. The molecule has 3 heterocycles. The smallest absolute Gasteiger partial charge is 0.201 e. The highest BCUT2D eigenvalue weighted by molar-refractivity contribution is 6.20. The van der Waals surface area contributed by atoms with Gasteiger partial charge in [-0.25, -0.2) is 4.99 Å². The van der Waals surface area contributed by atoms with Crippen LogP contribution < -0.4 is 15.9 Å². The highest BCUT2D eigenvalue weighted by atomic mass is 15.3. The van der Waals surface area contributed by atoms with E-state index in [1.54, 1.807) is 0 Å². The zero-order valence-electron chi connectivity index (χ0n) is 24.9. The van der Waals surface area contributed by atoms with E-state index in [4.69, 9.17) is 4.99 Å². The van der Waals surface area contributed by atoms with Gasteiger partial charge < -0.3 is 14.5 Å². The SMILES string of the molecule is c1ccc(-n2c3ccccc3c3cc(C4=c5ccccc5=NC(n5c6ccccc6c6c7ccccc7ccc65)N4)ccc32)cc1. The summed E-state index contributed by atoms with van der Waals surface area (Å²) in [5, 5.41) is 13.5. The molecule has 216 valence electrons. The second kappa shape index (κ2) is 9.68. The van der Waals surface area contributed by atoms with E-state index >= 15 is 0 Å². The van der Waals surface area contributed by atoms with E-state index < -0.39 is 0 Å². The van der Waals surface area contributed by atoms with Crippen molar-refractivity contribution in [2.75, 3.05) is 0 Å². The third-order valence-corrected chi connectivity index (χ3v) is 9.53. The molecule has 1 aliphatic heterocycles. The molecule has 0 radical (unpaired) electrons. The molecule has 2 aromatic heterocycles. The van der Waals surface area contributed by atoms with Crippen LogP contribution in [0.1, 0.15) is 11.9 Å². The van der Waals surface area contributed by atoms with Crippen molar-refractivity contribution in [3.63, 3.8) is 0 Å². The lowest BCUT2D eigenvalue weighted by Crippen LogP contribution is -2.41. The van der Waals surface area contributed by atoms with Crippen LogP contribution in [-0.4, -0.2) is 9.13 Å². The predicted molar refractivity (Wildman–Crippen MR) is 190 cm³/mol. The van der Waals surface area contributed by atoms with Crippen LogP contribution >= 0.6 is 0 Å². The molecule has 0 amide bonds. The zero-order chi connectivity index (χ0) is 30.2. The van der Waals surface area contributed by atoms with E-state index in [-0.39, 0.29) is 6.29 Å². The van der Waals surface area contributed by atoms with Gasteiger partial charge in [0.15, 0.2) is 0 Å². The topological polar surface area (TPSA) is 34.2 Å². The maximum atomic E-state index is 5.33. The quantitative estimate of drug-likeness (QED) is 0.220. The highest BCUT2D eigenvalue weighted by Gasteiger charge is 2.23. The Bertz CT molecular complexity index is 2790. The number of fused-ring (bicyclic) bond motifs is 9. The summed E-state index contributed by atoms with van der Waals surface area (Å²) in [6.45, 7) is 0. The van der Waals surface area contributed by atoms with Crippen molar-refractivity contribution in [3.05, 3.63) is 174 Å². The van der Waals surface area contributed by atoms with Gasteiger partial charge in [0.2, 0.25) is 6.29 Å². The third kappa shape index (κ3) is 3.58. The second-order valence-electron chi connectivity index (χ2n) is 12.0. The number of nitrogens with one attached hydrogen (secondary N) is 1. The molecule has 4 nitrogen and oxygen atoms in total. The Hall–Kier alpha value is -6.13. The van der Waals surface area contributed by atoms with E-state index in [0.29, 0.717) is 0 Å². The van der Waals surface area contributed by atoms with E-state index in [9.17, 15) is 0 Å². The van der Waals surface area contributed by atoms with E-state index in [0.717, 1.165) is 33.0 Å². The Morgan fingerprint density at radius 2 is 1.17 bits per heavy atom. The minimum atomic E-state index is -0.324. The fourth-order valence-electron chi connectivity index (χ4n) is 7.55. The van der Waals surface area contributed by atoms with Crippen LogP contribution in [0.4, 0.5) is 0 Å². The first-order chi connectivity index (χ1) is 22.8. The highest BCUT2D eigenvalue weighted by Crippen LogP contribution is 2.38. The summed E-state index contributed by atoms with van der Waals surface area (Å²) in [6.07, 6.45) is -0.324. The molecule has 4 heteroatoms. The Balaban J connectivity index is 1.21. The van der Waals surface area contributed by atoms with Crippen molar-refractivity contribution in [2.24, 2.45) is 4.99 Å². The van der Waals surface area contributed by atoms with Crippen LogP contribution in [0.3, 0.4) is 0 Å². The van der Waals surface area contributed by atoms with Crippen LogP contribution in [0.2, 0.25) is 0 Å². The fourth-order valence-corrected chi connectivity index (χ4v) is 7.55. The molecular formula is C42H28N4.